The van der Waals surface area contributed by atoms with E-state index in [4.69, 9.17) is 9.47 Å². The fourth-order valence-electron chi connectivity index (χ4n) is 4.87. The topological polar surface area (TPSA) is 93.1 Å². The molecule has 0 aromatic heterocycles. The van der Waals surface area contributed by atoms with Crippen molar-refractivity contribution in [3.05, 3.63) is 35.9 Å². The quantitative estimate of drug-likeness (QED) is 0.328. The van der Waals surface area contributed by atoms with Crippen LogP contribution in [-0.4, -0.2) is 57.6 Å². The molecule has 6 atom stereocenters. The van der Waals surface area contributed by atoms with Gasteiger partial charge in [0.25, 0.3) is 11.7 Å². The minimum absolute atomic E-state index is 0.130. The molecule has 8 heteroatoms. The zero-order valence-corrected chi connectivity index (χ0v) is 21.2. The first kappa shape index (κ1) is 26.7. The Hall–Kier alpha value is -1.90. The molecule has 6 unspecified atom stereocenters. The maximum atomic E-state index is 13.2. The van der Waals surface area contributed by atoms with Crippen molar-refractivity contribution in [2.24, 2.45) is 11.8 Å². The zero-order valence-electron chi connectivity index (χ0n) is 20.3. The first-order chi connectivity index (χ1) is 16.2. The molecule has 1 aromatic carbocycles. The van der Waals surface area contributed by atoms with E-state index in [1.165, 1.54) is 10.5 Å². The molecule has 1 N–H and O–H groups in total. The maximum Gasteiger partial charge on any atom is 0.329 e. The molecule has 0 aliphatic carbocycles. The summed E-state index contributed by atoms with van der Waals surface area (Å²) in [5, 5.41) is 10.9. The fraction of sp³-hybridized carbons (Fsp3) is 0.654. The van der Waals surface area contributed by atoms with Gasteiger partial charge in [0.05, 0.1) is 0 Å². The van der Waals surface area contributed by atoms with Crippen molar-refractivity contribution < 1.29 is 29.0 Å². The summed E-state index contributed by atoms with van der Waals surface area (Å²) in [6.45, 7) is 5.87. The molecule has 7 nitrogen and oxygen atoms in total. The zero-order chi connectivity index (χ0) is 24.9. The predicted molar refractivity (Wildman–Crippen MR) is 131 cm³/mol. The Bertz CT molecular complexity index is 864. The van der Waals surface area contributed by atoms with Crippen molar-refractivity contribution in [2.45, 2.75) is 89.1 Å². The summed E-state index contributed by atoms with van der Waals surface area (Å²) in [5.74, 6) is -5.10. The molecule has 2 aliphatic rings. The van der Waals surface area contributed by atoms with Crippen LogP contribution in [-0.2, 0) is 30.3 Å². The molecule has 188 valence electrons. The maximum absolute atomic E-state index is 13.2. The normalized spacial score (nSPS) is 29.2. The van der Waals surface area contributed by atoms with Crippen LogP contribution < -0.4 is 0 Å². The van der Waals surface area contributed by atoms with Gasteiger partial charge in [-0.2, -0.15) is 0 Å². The minimum atomic E-state index is -2.23. The number of esters is 1. The van der Waals surface area contributed by atoms with Crippen LogP contribution in [0.1, 0.15) is 64.9 Å². The van der Waals surface area contributed by atoms with Gasteiger partial charge in [0.2, 0.25) is 5.79 Å². The second-order valence-electron chi connectivity index (χ2n) is 9.59. The van der Waals surface area contributed by atoms with Crippen LogP contribution in [0.25, 0.3) is 0 Å². The van der Waals surface area contributed by atoms with Gasteiger partial charge >= 0.3 is 5.97 Å². The van der Waals surface area contributed by atoms with Crippen LogP contribution in [0.4, 0.5) is 0 Å². The van der Waals surface area contributed by atoms with E-state index in [0.717, 1.165) is 19.3 Å². The number of carbonyl (C=O) groups excluding carboxylic acids is 3. The SMILES string of the molecule is CCC(Cc1ccccc1)C(C)OC(=O)C1CCCCN1C(=O)C(=O)C1(O)OC(S)CCC1C. The molecule has 0 radical (unpaired) electrons. The van der Waals surface area contributed by atoms with E-state index >= 15 is 0 Å². The van der Waals surface area contributed by atoms with Crippen molar-refractivity contribution >= 4 is 30.3 Å². The van der Waals surface area contributed by atoms with Crippen LogP contribution in [0.5, 0.6) is 0 Å². The number of hydrogen-bond acceptors (Lipinski definition) is 7. The molecule has 2 saturated heterocycles. The molecule has 3 rings (SSSR count). The monoisotopic (exact) mass is 491 g/mol. The lowest BCUT2D eigenvalue weighted by Crippen LogP contribution is -2.60. The van der Waals surface area contributed by atoms with E-state index in [1.807, 2.05) is 25.1 Å². The highest BCUT2D eigenvalue weighted by atomic mass is 32.1. The highest BCUT2D eigenvalue weighted by molar-refractivity contribution is 7.80. The molecule has 1 amide bonds. The van der Waals surface area contributed by atoms with Crippen molar-refractivity contribution in [3.63, 3.8) is 0 Å². The van der Waals surface area contributed by atoms with Gasteiger partial charge in [-0.25, -0.2) is 4.79 Å². The molecule has 2 fully saturated rings. The predicted octanol–water partition coefficient (Wildman–Crippen LogP) is 3.53. The molecular weight excluding hydrogens is 454 g/mol. The van der Waals surface area contributed by atoms with Gasteiger partial charge in [-0.15, -0.1) is 12.6 Å². The average Bonchev–Trinajstić information content (AvgIpc) is 2.84. The number of aliphatic hydroxyl groups is 1. The van der Waals surface area contributed by atoms with Gasteiger partial charge in [-0.05, 0) is 63.4 Å². The highest BCUT2D eigenvalue weighted by Crippen LogP contribution is 2.35. The van der Waals surface area contributed by atoms with E-state index in [9.17, 15) is 19.5 Å². The van der Waals surface area contributed by atoms with Gasteiger partial charge < -0.3 is 19.5 Å². The van der Waals surface area contributed by atoms with Gasteiger partial charge in [-0.3, -0.25) is 9.59 Å². The number of amides is 1. The number of thiol groups is 1. The minimum Gasteiger partial charge on any atom is -0.461 e. The number of nitrogens with zero attached hydrogens (tertiary/aromatic N) is 1. The number of piperidine rings is 1. The lowest BCUT2D eigenvalue weighted by molar-refractivity contribution is -0.247. The van der Waals surface area contributed by atoms with Crippen molar-refractivity contribution in [1.29, 1.82) is 0 Å². The van der Waals surface area contributed by atoms with E-state index < -0.39 is 40.8 Å². The molecule has 0 spiro atoms. The van der Waals surface area contributed by atoms with Crippen LogP contribution in [0, 0.1) is 11.8 Å². The standard InChI is InChI=1S/C26H37NO6S/c1-4-20(16-19-10-6-5-7-11-19)18(3)32-25(30)21-12-8-9-15-27(21)24(29)23(28)26(31)17(2)13-14-22(34)33-26/h5-7,10-11,17-18,20-22,31,34H,4,8-9,12-16H2,1-3H3. The number of benzene rings is 1. The Morgan fingerprint density at radius 3 is 2.59 bits per heavy atom. The number of hydrogen-bond donors (Lipinski definition) is 2. The molecule has 2 aliphatic heterocycles. The number of ether oxygens (including phenoxy) is 2. The summed E-state index contributed by atoms with van der Waals surface area (Å²) >= 11 is 4.22. The largest absolute Gasteiger partial charge is 0.461 e. The number of Topliss-reactive ketones (excluding diaryl/α,β-unsaturated/α-hetero) is 1. The van der Waals surface area contributed by atoms with E-state index in [2.05, 4.69) is 31.7 Å². The molecule has 1 aromatic rings. The Kier molecular flexibility index (Phi) is 9.18. The first-order valence-corrected chi connectivity index (χ1v) is 12.9. The average molecular weight is 492 g/mol. The molecule has 2 heterocycles. The van der Waals surface area contributed by atoms with Crippen LogP contribution in [0.2, 0.25) is 0 Å². The summed E-state index contributed by atoms with van der Waals surface area (Å²) in [4.78, 5) is 40.7. The summed E-state index contributed by atoms with van der Waals surface area (Å²) in [6.07, 6.45) is 4.20. The van der Waals surface area contributed by atoms with Gasteiger partial charge in [0.1, 0.15) is 17.6 Å². The van der Waals surface area contributed by atoms with E-state index in [1.54, 1.807) is 6.92 Å². The van der Waals surface area contributed by atoms with Gasteiger partial charge in [-0.1, -0.05) is 44.2 Å². The molecule has 34 heavy (non-hydrogen) atoms. The molecular formula is C26H37NO6S. The molecule has 0 saturated carbocycles. The first-order valence-electron chi connectivity index (χ1n) is 12.3. The summed E-state index contributed by atoms with van der Waals surface area (Å²) in [6, 6.07) is 9.20. The van der Waals surface area contributed by atoms with Crippen molar-refractivity contribution in [2.75, 3.05) is 6.54 Å². The number of likely N-dealkylation sites (tertiary alicyclic amines) is 1. The third kappa shape index (κ3) is 6.01. The third-order valence-electron chi connectivity index (χ3n) is 7.22. The van der Waals surface area contributed by atoms with E-state index in [0.29, 0.717) is 25.7 Å². The van der Waals surface area contributed by atoms with Crippen molar-refractivity contribution in [3.8, 4) is 0 Å². The highest BCUT2D eigenvalue weighted by Gasteiger charge is 2.52. The van der Waals surface area contributed by atoms with Gasteiger partial charge in [0.15, 0.2) is 0 Å². The number of rotatable bonds is 8. The Morgan fingerprint density at radius 2 is 1.91 bits per heavy atom. The lowest BCUT2D eigenvalue weighted by Gasteiger charge is -2.41. The lowest BCUT2D eigenvalue weighted by atomic mass is 9.88. The second kappa shape index (κ2) is 11.7. The summed E-state index contributed by atoms with van der Waals surface area (Å²) in [7, 11) is 0. The smallest absolute Gasteiger partial charge is 0.329 e. The van der Waals surface area contributed by atoms with Crippen LogP contribution >= 0.6 is 12.6 Å². The van der Waals surface area contributed by atoms with Crippen molar-refractivity contribution in [1.82, 2.24) is 4.90 Å². The molecule has 0 bridgehead atoms. The van der Waals surface area contributed by atoms with Crippen LogP contribution in [0.15, 0.2) is 30.3 Å². The van der Waals surface area contributed by atoms with Crippen LogP contribution in [0.3, 0.4) is 0 Å². The summed E-state index contributed by atoms with van der Waals surface area (Å²) in [5.41, 5.74) is 0.547. The summed E-state index contributed by atoms with van der Waals surface area (Å²) < 4.78 is 11.3. The van der Waals surface area contributed by atoms with E-state index in [-0.39, 0.29) is 18.6 Å². The fourth-order valence-corrected chi connectivity index (χ4v) is 5.18. The Balaban J connectivity index is 1.69. The number of carbonyl (C=O) groups is 3. The number of ketones is 1. The Morgan fingerprint density at radius 1 is 1.21 bits per heavy atom. The Labute approximate surface area is 207 Å². The van der Waals surface area contributed by atoms with Gasteiger partial charge in [0, 0.05) is 12.5 Å². The third-order valence-corrected chi connectivity index (χ3v) is 7.58. The second-order valence-corrected chi connectivity index (χ2v) is 10.2.